The van der Waals surface area contributed by atoms with Crippen LogP contribution in [0.15, 0.2) is 140 Å². The first-order chi connectivity index (χ1) is 36.7. The van der Waals surface area contributed by atoms with Gasteiger partial charge in [-0.25, -0.2) is 0 Å². The molecule has 392 valence electrons. The van der Waals surface area contributed by atoms with Gasteiger partial charge in [0.05, 0.1) is 0 Å². The van der Waals surface area contributed by atoms with Gasteiger partial charge in [-0.1, -0.05) is 200 Å². The van der Waals surface area contributed by atoms with Crippen LogP contribution in [0.3, 0.4) is 0 Å². The Bertz CT molecular complexity index is 3930. The van der Waals surface area contributed by atoms with Crippen molar-refractivity contribution in [2.24, 2.45) is 0 Å². The minimum atomic E-state index is -0.236. The summed E-state index contributed by atoms with van der Waals surface area (Å²) in [6, 6.07) is 56.2. The Labute approximate surface area is 467 Å². The van der Waals surface area contributed by atoms with Gasteiger partial charge in [0.25, 0.3) is 6.71 Å². The fourth-order valence-electron chi connectivity index (χ4n) is 16.4. The van der Waals surface area contributed by atoms with E-state index < -0.39 is 0 Å². The first-order valence-electron chi connectivity index (χ1n) is 29.5. The van der Waals surface area contributed by atoms with Crippen molar-refractivity contribution in [1.82, 2.24) is 0 Å². The fourth-order valence-corrected chi connectivity index (χ4v) is 16.4. The highest BCUT2D eigenvalue weighted by Gasteiger charge is 2.51. The van der Waals surface area contributed by atoms with Crippen molar-refractivity contribution in [3.8, 4) is 22.3 Å². The Balaban J connectivity index is 1.16. The summed E-state index contributed by atoms with van der Waals surface area (Å²) in [6.07, 6.45) is 4.69. The van der Waals surface area contributed by atoms with E-state index in [2.05, 4.69) is 260 Å². The molecule has 4 aliphatic carbocycles. The average molecular weight is 1020 g/mol. The van der Waals surface area contributed by atoms with Crippen molar-refractivity contribution in [2.75, 3.05) is 9.80 Å². The molecule has 2 nitrogen and oxygen atoms in total. The van der Waals surface area contributed by atoms with Crippen LogP contribution in [0.2, 0.25) is 0 Å². The largest absolute Gasteiger partial charge is 0.311 e. The predicted molar refractivity (Wildman–Crippen MR) is 334 cm³/mol. The molecule has 0 radical (unpaired) electrons. The zero-order valence-electron chi connectivity index (χ0n) is 49.6. The van der Waals surface area contributed by atoms with Gasteiger partial charge in [-0.3, -0.25) is 0 Å². The van der Waals surface area contributed by atoms with Gasteiger partial charge in [0.2, 0.25) is 0 Å². The van der Waals surface area contributed by atoms with Crippen LogP contribution in [0.25, 0.3) is 22.3 Å². The summed E-state index contributed by atoms with van der Waals surface area (Å²) in [6.45, 7) is 39.5. The van der Waals surface area contributed by atoms with Crippen LogP contribution in [-0.4, -0.2) is 6.71 Å². The Kier molecular flexibility index (Phi) is 10.1. The molecule has 78 heavy (non-hydrogen) atoms. The molecule has 3 heteroatoms. The third kappa shape index (κ3) is 6.63. The molecular formula is C75H79BN2. The number of hydrogen-bond donors (Lipinski definition) is 0. The summed E-state index contributed by atoms with van der Waals surface area (Å²) >= 11 is 0. The second kappa shape index (κ2) is 15.8. The SMILES string of the molecule is Cc1cc2c(cc1N1c3cc4c(cc3B3c5cc6c(cc5N(c5cc7c(cc5C)C(C)(C)CCC7(C)C)c5cc(-c7ccccc7)cc1c53)C(C)(C)c1ccccc1C6(C)C)C(C)(C)c1ccccc1-4)C(C)(C)CCC2(C)C. The maximum absolute atomic E-state index is 2.77. The third-order valence-corrected chi connectivity index (χ3v) is 21.5. The van der Waals surface area contributed by atoms with Crippen molar-refractivity contribution < 1.29 is 0 Å². The quantitative estimate of drug-likeness (QED) is 0.163. The van der Waals surface area contributed by atoms with E-state index in [1.54, 1.807) is 0 Å². The van der Waals surface area contributed by atoms with Crippen molar-refractivity contribution in [2.45, 2.75) is 174 Å². The molecule has 0 saturated carbocycles. The molecule has 0 fully saturated rings. The van der Waals surface area contributed by atoms with Crippen molar-refractivity contribution in [1.29, 1.82) is 0 Å². The lowest BCUT2D eigenvalue weighted by Crippen LogP contribution is -2.62. The lowest BCUT2D eigenvalue weighted by atomic mass is 9.32. The molecule has 0 unspecified atom stereocenters. The zero-order valence-corrected chi connectivity index (χ0v) is 49.6. The van der Waals surface area contributed by atoms with E-state index in [9.17, 15) is 0 Å². The van der Waals surface area contributed by atoms with Crippen molar-refractivity contribution in [3.63, 3.8) is 0 Å². The number of benzene rings is 8. The number of rotatable bonds is 3. The molecule has 6 aliphatic rings. The van der Waals surface area contributed by atoms with E-state index >= 15 is 0 Å². The monoisotopic (exact) mass is 1020 g/mol. The topological polar surface area (TPSA) is 6.48 Å². The Morgan fingerprint density at radius 3 is 1.19 bits per heavy atom. The van der Waals surface area contributed by atoms with Crippen LogP contribution in [0.1, 0.15) is 189 Å². The van der Waals surface area contributed by atoms with E-state index in [0.29, 0.717) is 0 Å². The molecule has 0 amide bonds. The van der Waals surface area contributed by atoms with Crippen LogP contribution in [0, 0.1) is 13.8 Å². The standard InChI is InChI=1S/C75H79BN2/c1-44-34-54-56(71(7,8)32-30-69(54,3)4)41-62(44)77-64-38-49-48-26-20-21-27-50(48)73(11,12)53(49)39-60(64)76-61-40-58-59(75(15,16)52-29-23-22-28-51(52)74(58,13)14)43-65(61)78(67-37-47(36-66(77)68(67)76)46-24-18-17-19-25-46)63-42-57-55(35-45(63)2)70(5,6)31-33-72(57,9)10/h17-29,34-43H,30-33H2,1-16H3. The Morgan fingerprint density at radius 1 is 0.308 bits per heavy atom. The second-order valence-corrected chi connectivity index (χ2v) is 29.2. The summed E-state index contributed by atoms with van der Waals surface area (Å²) in [5, 5.41) is 0. The van der Waals surface area contributed by atoms with Crippen LogP contribution in [0.4, 0.5) is 34.1 Å². The molecule has 8 aromatic carbocycles. The number of nitrogens with zero attached hydrogens (tertiary/aromatic N) is 2. The molecule has 2 heterocycles. The lowest BCUT2D eigenvalue weighted by Gasteiger charge is -2.49. The molecule has 0 atom stereocenters. The van der Waals surface area contributed by atoms with Crippen LogP contribution >= 0.6 is 0 Å². The lowest BCUT2D eigenvalue weighted by molar-refractivity contribution is 0.332. The van der Waals surface area contributed by atoms with Gasteiger partial charge in [0, 0.05) is 50.4 Å². The highest BCUT2D eigenvalue weighted by atomic mass is 15.2. The number of anilines is 6. The molecule has 0 spiro atoms. The molecule has 8 aromatic rings. The van der Waals surface area contributed by atoms with Gasteiger partial charge in [-0.05, 0) is 203 Å². The third-order valence-electron chi connectivity index (χ3n) is 21.5. The second-order valence-electron chi connectivity index (χ2n) is 29.2. The van der Waals surface area contributed by atoms with E-state index in [1.807, 2.05) is 0 Å². The first-order valence-corrected chi connectivity index (χ1v) is 29.5. The van der Waals surface area contributed by atoms with Crippen LogP contribution < -0.4 is 26.2 Å². The molecule has 0 N–H and O–H groups in total. The summed E-state index contributed by atoms with van der Waals surface area (Å²) in [4.78, 5) is 5.53. The molecule has 0 aromatic heterocycles. The zero-order chi connectivity index (χ0) is 54.8. The smallest absolute Gasteiger partial charge is 0.252 e. The first kappa shape index (κ1) is 49.7. The predicted octanol–water partition coefficient (Wildman–Crippen LogP) is 18.0. The summed E-state index contributed by atoms with van der Waals surface area (Å²) in [7, 11) is 0. The molecule has 14 rings (SSSR count). The minimum absolute atomic E-state index is 0.0260. The van der Waals surface area contributed by atoms with Crippen molar-refractivity contribution >= 4 is 57.2 Å². The summed E-state index contributed by atoms with van der Waals surface area (Å²) in [5.74, 6) is 0. The van der Waals surface area contributed by atoms with E-state index in [4.69, 9.17) is 0 Å². The van der Waals surface area contributed by atoms with Gasteiger partial charge in [-0.15, -0.1) is 0 Å². The van der Waals surface area contributed by atoms with Crippen LogP contribution in [0.5, 0.6) is 0 Å². The fraction of sp³-hybridized carbons (Fsp3) is 0.360. The van der Waals surface area contributed by atoms with Gasteiger partial charge in [0.1, 0.15) is 0 Å². The molecule has 0 bridgehead atoms. The van der Waals surface area contributed by atoms with Crippen LogP contribution in [-0.2, 0) is 37.9 Å². The Hall–Kier alpha value is -6.58. The average Bonchev–Trinajstić information content (AvgIpc) is 3.08. The molecule has 0 saturated heterocycles. The number of aryl methyl sites for hydroxylation is 2. The number of fused-ring (bicyclic) bond motifs is 11. The Morgan fingerprint density at radius 2 is 0.692 bits per heavy atom. The van der Waals surface area contributed by atoms with Gasteiger partial charge >= 0.3 is 0 Å². The van der Waals surface area contributed by atoms with E-state index in [0.717, 1.165) is 12.8 Å². The molecule has 2 aliphatic heterocycles. The number of hydrogen-bond acceptors (Lipinski definition) is 2. The van der Waals surface area contributed by atoms with E-state index in [-0.39, 0.29) is 44.6 Å². The maximum atomic E-state index is 2.77. The van der Waals surface area contributed by atoms with Gasteiger partial charge < -0.3 is 9.80 Å². The van der Waals surface area contributed by atoms with Gasteiger partial charge in [-0.2, -0.15) is 0 Å². The van der Waals surface area contributed by atoms with Gasteiger partial charge in [0.15, 0.2) is 0 Å². The summed E-state index contributed by atoms with van der Waals surface area (Å²) in [5.41, 5.74) is 33.9. The normalized spacial score (nSPS) is 20.0. The van der Waals surface area contributed by atoms with Crippen molar-refractivity contribution in [3.05, 3.63) is 206 Å². The summed E-state index contributed by atoms with van der Waals surface area (Å²) < 4.78 is 0. The van der Waals surface area contributed by atoms with E-state index in [1.165, 1.54) is 152 Å². The molecular weight excluding hydrogens is 940 g/mol. The highest BCUT2D eigenvalue weighted by Crippen LogP contribution is 2.58. The highest BCUT2D eigenvalue weighted by molar-refractivity contribution is 7.00. The minimum Gasteiger partial charge on any atom is -0.311 e. The maximum Gasteiger partial charge on any atom is 0.252 e.